The third-order valence-corrected chi connectivity index (χ3v) is 3.59. The molecule has 18 heavy (non-hydrogen) atoms. The van der Waals surface area contributed by atoms with E-state index in [1.54, 1.807) is 12.3 Å². The lowest BCUT2D eigenvalue weighted by Crippen LogP contribution is -2.41. The molecule has 6 heteroatoms. The number of anilines is 1. The highest BCUT2D eigenvalue weighted by atomic mass is 16.7. The van der Waals surface area contributed by atoms with E-state index in [4.69, 9.17) is 20.3 Å². The molecule has 0 aliphatic carbocycles. The summed E-state index contributed by atoms with van der Waals surface area (Å²) in [7, 11) is -0.518. The monoisotopic (exact) mass is 245 g/mol. The average Bonchev–Trinajstić information content (AvgIpc) is 2.49. The van der Waals surface area contributed by atoms with E-state index < -0.39 is 18.3 Å². The van der Waals surface area contributed by atoms with Crippen LogP contribution in [0.5, 0.6) is 0 Å². The lowest BCUT2D eigenvalue weighted by molar-refractivity contribution is 0.00578. The van der Waals surface area contributed by atoms with E-state index in [0.29, 0.717) is 11.0 Å². The van der Waals surface area contributed by atoms with Crippen molar-refractivity contribution < 1.29 is 9.31 Å². The zero-order valence-corrected chi connectivity index (χ0v) is 11.0. The van der Waals surface area contributed by atoms with Crippen molar-refractivity contribution in [3.63, 3.8) is 0 Å². The molecular formula is C12H16BN3O2. The number of hydrogen-bond donors (Lipinski definition) is 1. The number of hydrogen-bond acceptors (Lipinski definition) is 5. The SMILES string of the molecule is CC1(C)OB(c2cnc(N)c(C#N)c2)OC1(C)C. The summed E-state index contributed by atoms with van der Waals surface area (Å²) in [5.74, 6) is 0.220. The second kappa shape index (κ2) is 3.97. The van der Waals surface area contributed by atoms with Crippen molar-refractivity contribution in [3.8, 4) is 6.07 Å². The fourth-order valence-electron chi connectivity index (χ4n) is 1.69. The van der Waals surface area contributed by atoms with Crippen LogP contribution < -0.4 is 11.2 Å². The van der Waals surface area contributed by atoms with Crippen molar-refractivity contribution in [3.05, 3.63) is 17.8 Å². The molecule has 1 aromatic heterocycles. The molecule has 1 aliphatic rings. The van der Waals surface area contributed by atoms with E-state index in [9.17, 15) is 0 Å². The second-order valence-corrected chi connectivity index (χ2v) is 5.40. The maximum Gasteiger partial charge on any atom is 0.496 e. The molecular weight excluding hydrogens is 229 g/mol. The highest BCUT2D eigenvalue weighted by molar-refractivity contribution is 6.62. The average molecular weight is 245 g/mol. The zero-order valence-electron chi connectivity index (χ0n) is 11.0. The predicted molar refractivity (Wildman–Crippen MR) is 69.1 cm³/mol. The highest BCUT2D eigenvalue weighted by Crippen LogP contribution is 2.36. The van der Waals surface area contributed by atoms with Crippen LogP contribution in [-0.2, 0) is 9.31 Å². The van der Waals surface area contributed by atoms with Crippen LogP contribution in [0.3, 0.4) is 0 Å². The van der Waals surface area contributed by atoms with Crippen molar-refractivity contribution in [2.75, 3.05) is 5.73 Å². The number of aromatic nitrogens is 1. The summed E-state index contributed by atoms with van der Waals surface area (Å²) in [6, 6.07) is 3.66. The Morgan fingerprint density at radius 3 is 2.33 bits per heavy atom. The minimum absolute atomic E-state index is 0.220. The van der Waals surface area contributed by atoms with E-state index in [2.05, 4.69) is 4.98 Å². The molecule has 0 radical (unpaired) electrons. The fourth-order valence-corrected chi connectivity index (χ4v) is 1.69. The summed E-state index contributed by atoms with van der Waals surface area (Å²) < 4.78 is 11.8. The van der Waals surface area contributed by atoms with Crippen molar-refractivity contribution in [2.24, 2.45) is 0 Å². The van der Waals surface area contributed by atoms with Gasteiger partial charge < -0.3 is 15.0 Å². The number of rotatable bonds is 1. The van der Waals surface area contributed by atoms with Crippen molar-refractivity contribution in [1.82, 2.24) is 4.98 Å². The molecule has 94 valence electrons. The Hall–Kier alpha value is -1.58. The standard InChI is InChI=1S/C12H16BN3O2/c1-11(2)12(3,4)18-13(17-11)9-5-8(6-14)10(15)16-7-9/h5,7H,1-4H3,(H2,15,16). The third kappa shape index (κ3) is 1.96. The predicted octanol–water partition coefficient (Wildman–Crippen LogP) is 0.835. The van der Waals surface area contributed by atoms with Crippen LogP contribution in [-0.4, -0.2) is 23.3 Å². The van der Waals surface area contributed by atoms with Gasteiger partial charge in [0.15, 0.2) is 0 Å². The van der Waals surface area contributed by atoms with E-state index >= 15 is 0 Å². The molecule has 2 N–H and O–H groups in total. The minimum Gasteiger partial charge on any atom is -0.399 e. The van der Waals surface area contributed by atoms with E-state index in [-0.39, 0.29) is 5.82 Å². The van der Waals surface area contributed by atoms with Gasteiger partial charge in [-0.1, -0.05) is 0 Å². The number of nitrogens with two attached hydrogens (primary N) is 1. The van der Waals surface area contributed by atoms with Gasteiger partial charge in [0, 0.05) is 11.7 Å². The maximum atomic E-state index is 8.94. The third-order valence-electron chi connectivity index (χ3n) is 3.59. The molecule has 0 saturated carbocycles. The molecule has 0 unspecified atom stereocenters. The molecule has 0 amide bonds. The summed E-state index contributed by atoms with van der Waals surface area (Å²) >= 11 is 0. The Kier molecular flexibility index (Phi) is 2.84. The molecule has 5 nitrogen and oxygen atoms in total. The maximum absolute atomic E-state index is 8.94. The van der Waals surface area contributed by atoms with Gasteiger partial charge in [0.1, 0.15) is 11.9 Å². The Morgan fingerprint density at radius 1 is 1.28 bits per heavy atom. The topological polar surface area (TPSA) is 81.2 Å². The number of pyridine rings is 1. The van der Waals surface area contributed by atoms with Crippen LogP contribution in [0.2, 0.25) is 0 Å². The van der Waals surface area contributed by atoms with Gasteiger partial charge in [-0.2, -0.15) is 5.26 Å². The fraction of sp³-hybridized carbons (Fsp3) is 0.500. The molecule has 2 heterocycles. The molecule has 1 aromatic rings. The van der Waals surface area contributed by atoms with Gasteiger partial charge in [0.05, 0.1) is 16.8 Å². The Balaban J connectivity index is 2.33. The smallest absolute Gasteiger partial charge is 0.399 e. The van der Waals surface area contributed by atoms with Crippen LogP contribution in [0.15, 0.2) is 12.3 Å². The summed E-state index contributed by atoms with van der Waals surface area (Å²) in [6.45, 7) is 7.90. The normalized spacial score (nSPS) is 20.7. The van der Waals surface area contributed by atoms with Crippen LogP contribution in [0.1, 0.15) is 33.3 Å². The Labute approximate surface area is 107 Å². The van der Waals surface area contributed by atoms with Gasteiger partial charge in [-0.05, 0) is 33.8 Å². The number of nitrogens with zero attached hydrogens (tertiary/aromatic N) is 2. The molecule has 1 aliphatic heterocycles. The van der Waals surface area contributed by atoms with Gasteiger partial charge >= 0.3 is 7.12 Å². The van der Waals surface area contributed by atoms with Crippen molar-refractivity contribution in [1.29, 1.82) is 5.26 Å². The summed E-state index contributed by atoms with van der Waals surface area (Å²) in [5, 5.41) is 8.94. The van der Waals surface area contributed by atoms with E-state index in [1.165, 1.54) is 0 Å². The number of nitriles is 1. The second-order valence-electron chi connectivity index (χ2n) is 5.40. The summed E-state index contributed by atoms with van der Waals surface area (Å²) in [6.07, 6.45) is 1.58. The largest absolute Gasteiger partial charge is 0.496 e. The molecule has 0 spiro atoms. The quantitative estimate of drug-likeness (QED) is 0.741. The van der Waals surface area contributed by atoms with Crippen molar-refractivity contribution in [2.45, 2.75) is 38.9 Å². The van der Waals surface area contributed by atoms with Crippen LogP contribution >= 0.6 is 0 Å². The van der Waals surface area contributed by atoms with Gasteiger partial charge in [-0.25, -0.2) is 4.98 Å². The molecule has 1 saturated heterocycles. The first-order chi connectivity index (χ1) is 8.27. The molecule has 0 aromatic carbocycles. The van der Waals surface area contributed by atoms with Gasteiger partial charge in [-0.15, -0.1) is 0 Å². The van der Waals surface area contributed by atoms with Gasteiger partial charge in [-0.3, -0.25) is 0 Å². The molecule has 1 fully saturated rings. The Morgan fingerprint density at radius 2 is 1.83 bits per heavy atom. The first-order valence-corrected chi connectivity index (χ1v) is 5.78. The summed E-state index contributed by atoms with van der Waals surface area (Å²) in [5.41, 5.74) is 5.81. The zero-order chi connectivity index (χ0) is 13.6. The van der Waals surface area contributed by atoms with Crippen LogP contribution in [0.25, 0.3) is 0 Å². The highest BCUT2D eigenvalue weighted by Gasteiger charge is 2.51. The van der Waals surface area contributed by atoms with Crippen LogP contribution in [0, 0.1) is 11.3 Å². The van der Waals surface area contributed by atoms with Crippen LogP contribution in [0.4, 0.5) is 5.82 Å². The molecule has 0 bridgehead atoms. The minimum atomic E-state index is -0.518. The van der Waals surface area contributed by atoms with E-state index in [0.717, 1.165) is 0 Å². The first kappa shape index (κ1) is 12.9. The summed E-state index contributed by atoms with van der Waals surface area (Å²) in [4.78, 5) is 3.99. The van der Waals surface area contributed by atoms with Gasteiger partial charge in [0.25, 0.3) is 0 Å². The lowest BCUT2D eigenvalue weighted by atomic mass is 9.80. The number of nitrogen functional groups attached to an aromatic ring is 1. The van der Waals surface area contributed by atoms with Gasteiger partial charge in [0.2, 0.25) is 0 Å². The van der Waals surface area contributed by atoms with Crippen molar-refractivity contribution >= 4 is 18.4 Å². The molecule has 2 rings (SSSR count). The first-order valence-electron chi connectivity index (χ1n) is 5.78. The molecule has 0 atom stereocenters. The van der Waals surface area contributed by atoms with E-state index in [1.807, 2.05) is 33.8 Å². The Bertz CT molecular complexity index is 507. The lowest BCUT2D eigenvalue weighted by Gasteiger charge is -2.32.